The molecule has 2 atom stereocenters. The SMILES string of the molecule is COC(=O)[C@@H]1C[C@@H](Oc2cccs2)CCN1C(=O)OC(C)(C)C. The lowest BCUT2D eigenvalue weighted by atomic mass is 10.00. The van der Waals surface area contributed by atoms with Crippen LogP contribution in [0.25, 0.3) is 0 Å². The number of piperidine rings is 1. The van der Waals surface area contributed by atoms with Gasteiger partial charge in [-0.1, -0.05) is 0 Å². The molecule has 1 saturated heterocycles. The maximum atomic E-state index is 12.3. The number of carbonyl (C=O) groups is 2. The zero-order chi connectivity index (χ0) is 17.0. The third-order valence-electron chi connectivity index (χ3n) is 3.43. The highest BCUT2D eigenvalue weighted by molar-refractivity contribution is 7.11. The summed E-state index contributed by atoms with van der Waals surface area (Å²) in [7, 11) is 1.32. The summed E-state index contributed by atoms with van der Waals surface area (Å²) in [6.45, 7) is 5.78. The number of thiophene rings is 1. The molecule has 2 heterocycles. The molecule has 23 heavy (non-hydrogen) atoms. The molecule has 0 spiro atoms. The molecule has 1 aliphatic heterocycles. The topological polar surface area (TPSA) is 65.1 Å². The number of nitrogens with zero attached hydrogens (tertiary/aromatic N) is 1. The van der Waals surface area contributed by atoms with E-state index in [0.717, 1.165) is 5.06 Å². The van der Waals surface area contributed by atoms with E-state index in [0.29, 0.717) is 19.4 Å². The predicted molar refractivity (Wildman–Crippen MR) is 86.7 cm³/mol. The highest BCUT2D eigenvalue weighted by Gasteiger charge is 2.39. The Labute approximate surface area is 140 Å². The molecule has 1 aromatic heterocycles. The zero-order valence-electron chi connectivity index (χ0n) is 13.9. The van der Waals surface area contributed by atoms with Gasteiger partial charge >= 0.3 is 12.1 Å². The molecule has 0 aromatic carbocycles. The van der Waals surface area contributed by atoms with Crippen LogP contribution in [0, 0.1) is 0 Å². The summed E-state index contributed by atoms with van der Waals surface area (Å²) in [4.78, 5) is 25.8. The number of rotatable bonds is 3. The second kappa shape index (κ2) is 7.21. The van der Waals surface area contributed by atoms with Crippen LogP contribution in [0.5, 0.6) is 5.06 Å². The average molecular weight is 341 g/mol. The molecule has 0 aliphatic carbocycles. The summed E-state index contributed by atoms with van der Waals surface area (Å²) in [5.41, 5.74) is -0.609. The van der Waals surface area contributed by atoms with Crippen LogP contribution in [0.3, 0.4) is 0 Å². The van der Waals surface area contributed by atoms with Crippen LogP contribution in [0.2, 0.25) is 0 Å². The molecule has 7 heteroatoms. The van der Waals surface area contributed by atoms with Gasteiger partial charge < -0.3 is 14.2 Å². The Bertz CT molecular complexity index is 537. The van der Waals surface area contributed by atoms with Crippen LogP contribution in [0.1, 0.15) is 33.6 Å². The van der Waals surface area contributed by atoms with Crippen molar-refractivity contribution in [3.8, 4) is 5.06 Å². The number of ether oxygens (including phenoxy) is 3. The van der Waals surface area contributed by atoms with Crippen molar-refractivity contribution in [2.24, 2.45) is 0 Å². The van der Waals surface area contributed by atoms with Crippen LogP contribution in [-0.4, -0.2) is 48.4 Å². The van der Waals surface area contributed by atoms with Gasteiger partial charge in [0.15, 0.2) is 5.06 Å². The van der Waals surface area contributed by atoms with E-state index >= 15 is 0 Å². The Hall–Kier alpha value is -1.76. The number of methoxy groups -OCH3 is 1. The first kappa shape index (κ1) is 17.6. The molecular weight excluding hydrogens is 318 g/mol. The van der Waals surface area contributed by atoms with Gasteiger partial charge in [0.05, 0.1) is 7.11 Å². The van der Waals surface area contributed by atoms with Crippen molar-refractivity contribution in [2.45, 2.75) is 51.4 Å². The van der Waals surface area contributed by atoms with Crippen LogP contribution >= 0.6 is 11.3 Å². The third-order valence-corrected chi connectivity index (χ3v) is 4.19. The van der Waals surface area contributed by atoms with Gasteiger partial charge in [0, 0.05) is 19.4 Å². The van der Waals surface area contributed by atoms with Crippen molar-refractivity contribution >= 4 is 23.4 Å². The number of amides is 1. The van der Waals surface area contributed by atoms with Gasteiger partial charge in [-0.2, -0.15) is 0 Å². The molecule has 0 bridgehead atoms. The van der Waals surface area contributed by atoms with Crippen molar-refractivity contribution < 1.29 is 23.8 Å². The number of likely N-dealkylation sites (tertiary alicyclic amines) is 1. The van der Waals surface area contributed by atoms with Crippen LogP contribution in [0.15, 0.2) is 17.5 Å². The number of esters is 1. The van der Waals surface area contributed by atoms with Gasteiger partial charge in [-0.15, -0.1) is 11.3 Å². The predicted octanol–water partition coefficient (Wildman–Crippen LogP) is 3.07. The van der Waals surface area contributed by atoms with Crippen molar-refractivity contribution in [2.75, 3.05) is 13.7 Å². The zero-order valence-corrected chi connectivity index (χ0v) is 14.7. The standard InChI is InChI=1S/C16H23NO5S/c1-16(2,3)22-15(19)17-8-7-11(10-12(17)14(18)20-4)21-13-6-5-9-23-13/h5-6,9,11-12H,7-8,10H2,1-4H3/t11-,12-/m0/s1. The Morgan fingerprint density at radius 1 is 1.35 bits per heavy atom. The van der Waals surface area contributed by atoms with Gasteiger partial charge in [-0.05, 0) is 38.3 Å². The monoisotopic (exact) mass is 341 g/mol. The molecule has 128 valence electrons. The molecule has 6 nitrogen and oxygen atoms in total. The first-order valence-corrected chi connectivity index (χ1v) is 8.45. The quantitative estimate of drug-likeness (QED) is 0.791. The Balaban J connectivity index is 2.06. The first-order valence-electron chi connectivity index (χ1n) is 7.58. The molecule has 2 rings (SSSR count). The van der Waals surface area contributed by atoms with Crippen molar-refractivity contribution in [1.29, 1.82) is 0 Å². The smallest absolute Gasteiger partial charge is 0.411 e. The summed E-state index contributed by atoms with van der Waals surface area (Å²) >= 11 is 1.50. The van der Waals surface area contributed by atoms with Crippen molar-refractivity contribution in [3.63, 3.8) is 0 Å². The fourth-order valence-electron chi connectivity index (χ4n) is 2.43. The number of hydrogen-bond acceptors (Lipinski definition) is 6. The largest absolute Gasteiger partial charge is 0.481 e. The highest BCUT2D eigenvalue weighted by atomic mass is 32.1. The fraction of sp³-hybridized carbons (Fsp3) is 0.625. The van der Waals surface area contributed by atoms with Gasteiger partial charge in [0.1, 0.15) is 17.7 Å². The van der Waals surface area contributed by atoms with Crippen LogP contribution in [0.4, 0.5) is 4.79 Å². The minimum atomic E-state index is -0.687. The lowest BCUT2D eigenvalue weighted by molar-refractivity contribution is -0.149. The number of hydrogen-bond donors (Lipinski definition) is 0. The van der Waals surface area contributed by atoms with E-state index in [9.17, 15) is 9.59 Å². The summed E-state index contributed by atoms with van der Waals surface area (Å²) in [5.74, 6) is -0.449. The second-order valence-electron chi connectivity index (χ2n) is 6.41. The minimum Gasteiger partial charge on any atom is -0.481 e. The van der Waals surface area contributed by atoms with E-state index in [1.165, 1.54) is 23.3 Å². The maximum Gasteiger partial charge on any atom is 0.411 e. The molecule has 0 N–H and O–H groups in total. The minimum absolute atomic E-state index is 0.128. The Kier molecular flexibility index (Phi) is 5.51. The third kappa shape index (κ3) is 4.86. The van der Waals surface area contributed by atoms with Crippen molar-refractivity contribution in [1.82, 2.24) is 4.90 Å². The van der Waals surface area contributed by atoms with Gasteiger partial charge in [-0.25, -0.2) is 9.59 Å². The molecular formula is C16H23NO5S. The molecule has 0 unspecified atom stereocenters. The first-order chi connectivity index (χ1) is 10.8. The Morgan fingerprint density at radius 2 is 2.09 bits per heavy atom. The summed E-state index contributed by atoms with van der Waals surface area (Å²) < 4.78 is 16.1. The summed E-state index contributed by atoms with van der Waals surface area (Å²) in [6, 6.07) is 3.11. The second-order valence-corrected chi connectivity index (χ2v) is 7.32. The average Bonchev–Trinajstić information content (AvgIpc) is 2.97. The van der Waals surface area contributed by atoms with E-state index in [-0.39, 0.29) is 6.10 Å². The van der Waals surface area contributed by atoms with Gasteiger partial charge in [0.25, 0.3) is 0 Å². The lowest BCUT2D eigenvalue weighted by Crippen LogP contribution is -2.53. The molecule has 1 fully saturated rings. The molecule has 0 radical (unpaired) electrons. The fourth-order valence-corrected chi connectivity index (χ4v) is 3.07. The summed E-state index contributed by atoms with van der Waals surface area (Å²) in [5, 5.41) is 2.74. The van der Waals surface area contributed by atoms with E-state index in [2.05, 4.69) is 0 Å². The highest BCUT2D eigenvalue weighted by Crippen LogP contribution is 2.27. The molecule has 1 aliphatic rings. The van der Waals surface area contributed by atoms with Crippen LogP contribution in [-0.2, 0) is 14.3 Å². The normalized spacial score (nSPS) is 21.7. The van der Waals surface area contributed by atoms with E-state index in [1.807, 2.05) is 17.5 Å². The summed E-state index contributed by atoms with van der Waals surface area (Å²) in [6.07, 6.45) is 0.410. The van der Waals surface area contributed by atoms with Gasteiger partial charge in [0.2, 0.25) is 0 Å². The molecule has 1 aromatic rings. The van der Waals surface area contributed by atoms with Crippen LogP contribution < -0.4 is 4.74 Å². The van der Waals surface area contributed by atoms with E-state index < -0.39 is 23.7 Å². The number of carbonyl (C=O) groups excluding carboxylic acids is 2. The van der Waals surface area contributed by atoms with E-state index in [1.54, 1.807) is 20.8 Å². The molecule has 1 amide bonds. The van der Waals surface area contributed by atoms with Gasteiger partial charge in [-0.3, -0.25) is 4.90 Å². The van der Waals surface area contributed by atoms with E-state index in [4.69, 9.17) is 14.2 Å². The molecule has 0 saturated carbocycles. The maximum absolute atomic E-state index is 12.3. The lowest BCUT2D eigenvalue weighted by Gasteiger charge is -2.38. The Morgan fingerprint density at radius 3 is 2.65 bits per heavy atom. The van der Waals surface area contributed by atoms with Crippen molar-refractivity contribution in [3.05, 3.63) is 17.5 Å².